The molecule has 16 heteroatoms. The van der Waals surface area contributed by atoms with E-state index in [0.717, 1.165) is 23.1 Å². The molecule has 0 spiro atoms. The van der Waals surface area contributed by atoms with Crippen LogP contribution in [0, 0.1) is 0 Å². The summed E-state index contributed by atoms with van der Waals surface area (Å²) in [5.74, 6) is -0.192. The number of rotatable bonds is 6. The van der Waals surface area contributed by atoms with Crippen molar-refractivity contribution in [1.82, 2.24) is 9.97 Å². The number of hydrogen-bond acceptors (Lipinski definition) is 5. The number of hydrogen-bond donors (Lipinski definition) is 3. The Morgan fingerprint density at radius 1 is 0.977 bits per heavy atom. The van der Waals surface area contributed by atoms with Crippen molar-refractivity contribution >= 4 is 17.7 Å². The van der Waals surface area contributed by atoms with Gasteiger partial charge in [0.2, 0.25) is 5.95 Å². The van der Waals surface area contributed by atoms with E-state index >= 15 is 0 Å². The van der Waals surface area contributed by atoms with Crippen molar-refractivity contribution in [1.29, 1.82) is 0 Å². The van der Waals surface area contributed by atoms with Crippen LogP contribution in [-0.4, -0.2) is 27.2 Å². The van der Waals surface area contributed by atoms with Crippen molar-refractivity contribution in [2.75, 3.05) is 10.2 Å². The third kappa shape index (κ3) is 6.95. The quantitative estimate of drug-likeness (QED) is 0.248. The number of carboxylic acid groups (broad SMARTS) is 1. The molecule has 2 aromatic carbocycles. The van der Waals surface area contributed by atoms with Crippen molar-refractivity contribution in [2.24, 2.45) is 5.73 Å². The van der Waals surface area contributed by atoms with E-state index in [4.69, 9.17) is 5.73 Å². The Labute approximate surface area is 238 Å². The topological polar surface area (TPSA) is 104 Å². The Morgan fingerprint density at radius 3 is 2.09 bits per heavy atom. The van der Waals surface area contributed by atoms with Gasteiger partial charge in [-0.25, -0.2) is 14.8 Å². The molecular formula is C27H24F9N5O2. The van der Waals surface area contributed by atoms with Gasteiger partial charge in [0, 0.05) is 30.8 Å². The summed E-state index contributed by atoms with van der Waals surface area (Å²) < 4.78 is 121. The third-order valence-electron chi connectivity index (χ3n) is 7.04. The molecule has 1 amide bonds. The smallest absolute Gasteiger partial charge is 0.416 e. The van der Waals surface area contributed by atoms with E-state index in [9.17, 15) is 49.4 Å². The Balaban J connectivity index is 1.75. The highest BCUT2D eigenvalue weighted by Crippen LogP contribution is 2.43. The molecule has 1 aliphatic rings. The van der Waals surface area contributed by atoms with Crippen LogP contribution in [0.3, 0.4) is 0 Å². The lowest BCUT2D eigenvalue weighted by Crippen LogP contribution is -2.45. The molecule has 0 fully saturated rings. The number of amides is 1. The Kier molecular flexibility index (Phi) is 8.55. The number of aromatic nitrogens is 2. The molecule has 4 rings (SSSR count). The van der Waals surface area contributed by atoms with Gasteiger partial charge >= 0.3 is 24.6 Å². The SMILES string of the molecule is CC[C@@H]1C[C@H](Nc2ncc(CN)c(Cc3cc(C(F)(F)F)cc(C(F)(F)F)c3)n2)c2cc(C(F)(F)F)ccc2N1C(=O)O. The van der Waals surface area contributed by atoms with Crippen molar-refractivity contribution in [3.8, 4) is 0 Å². The average molecular weight is 622 g/mol. The summed E-state index contributed by atoms with van der Waals surface area (Å²) >= 11 is 0. The highest BCUT2D eigenvalue weighted by molar-refractivity contribution is 5.89. The lowest BCUT2D eigenvalue weighted by Gasteiger charge is -2.39. The van der Waals surface area contributed by atoms with Gasteiger partial charge in [-0.3, -0.25) is 4.90 Å². The largest absolute Gasteiger partial charge is 0.465 e. The number of carbonyl (C=O) groups is 1. The third-order valence-corrected chi connectivity index (χ3v) is 7.04. The monoisotopic (exact) mass is 621 g/mol. The second-order valence-corrected chi connectivity index (χ2v) is 9.88. The van der Waals surface area contributed by atoms with E-state index in [1.807, 2.05) is 0 Å². The molecule has 0 saturated heterocycles. The normalized spacial score (nSPS) is 17.5. The summed E-state index contributed by atoms with van der Waals surface area (Å²) in [6, 6.07) is 2.18. The molecule has 1 aromatic heterocycles. The first-order valence-corrected chi connectivity index (χ1v) is 12.7. The summed E-state index contributed by atoms with van der Waals surface area (Å²) in [6.07, 6.45) is -15.2. The minimum absolute atomic E-state index is 0.000588. The van der Waals surface area contributed by atoms with Crippen LogP contribution in [0.25, 0.3) is 0 Å². The molecular weight excluding hydrogens is 597 g/mol. The molecule has 0 aliphatic carbocycles. The maximum Gasteiger partial charge on any atom is 0.416 e. The van der Waals surface area contributed by atoms with Gasteiger partial charge in [-0.1, -0.05) is 6.92 Å². The summed E-state index contributed by atoms with van der Waals surface area (Å²) in [5.41, 5.74) is 1.52. The van der Waals surface area contributed by atoms with Crippen LogP contribution in [0.15, 0.2) is 42.6 Å². The van der Waals surface area contributed by atoms with E-state index in [2.05, 4.69) is 15.3 Å². The van der Waals surface area contributed by atoms with Crippen LogP contribution < -0.4 is 16.0 Å². The zero-order valence-corrected chi connectivity index (χ0v) is 22.2. The molecule has 0 radical (unpaired) electrons. The molecule has 7 nitrogen and oxygen atoms in total. The molecule has 0 bridgehead atoms. The zero-order chi connectivity index (χ0) is 31.9. The van der Waals surface area contributed by atoms with Gasteiger partial charge in [-0.05, 0) is 60.4 Å². The van der Waals surface area contributed by atoms with Crippen LogP contribution in [0.1, 0.15) is 64.9 Å². The van der Waals surface area contributed by atoms with Crippen LogP contribution in [0.5, 0.6) is 0 Å². The molecule has 232 valence electrons. The molecule has 4 N–H and O–H groups in total. The molecule has 43 heavy (non-hydrogen) atoms. The number of halogens is 9. The zero-order valence-electron chi connectivity index (χ0n) is 22.2. The van der Waals surface area contributed by atoms with Gasteiger partial charge in [0.25, 0.3) is 0 Å². The van der Waals surface area contributed by atoms with E-state index in [-0.39, 0.29) is 53.1 Å². The van der Waals surface area contributed by atoms with E-state index < -0.39 is 59.8 Å². The van der Waals surface area contributed by atoms with Crippen molar-refractivity contribution < 1.29 is 49.4 Å². The maximum absolute atomic E-state index is 13.5. The Hall–Kier alpha value is -4.08. The molecule has 2 heterocycles. The number of nitrogens with one attached hydrogen (secondary N) is 1. The van der Waals surface area contributed by atoms with Crippen LogP contribution >= 0.6 is 0 Å². The standard InChI is InChI=1S/C27H24F9N5O2/c1-2-18-10-21(19-9-15(25(28,29)30)3-4-22(19)41(18)24(42)43)40-23-38-12-14(11-37)20(39-23)7-13-5-16(26(31,32)33)8-17(6-13)27(34,35)36/h3-6,8-9,12,18,21H,2,7,10-11,37H2,1H3,(H,42,43)(H,38,39,40)/t18-,21+/m1/s1. The maximum atomic E-state index is 13.5. The van der Waals surface area contributed by atoms with Crippen LogP contribution in [0.4, 0.5) is 55.9 Å². The number of benzene rings is 2. The first kappa shape index (κ1) is 31.8. The summed E-state index contributed by atoms with van der Waals surface area (Å²) in [7, 11) is 0. The fourth-order valence-corrected chi connectivity index (χ4v) is 4.98. The second kappa shape index (κ2) is 11.5. The van der Waals surface area contributed by atoms with E-state index in [0.29, 0.717) is 18.6 Å². The predicted molar refractivity (Wildman–Crippen MR) is 136 cm³/mol. The second-order valence-electron chi connectivity index (χ2n) is 9.88. The predicted octanol–water partition coefficient (Wildman–Crippen LogP) is 7.40. The average Bonchev–Trinajstić information content (AvgIpc) is 2.91. The Morgan fingerprint density at radius 2 is 1.58 bits per heavy atom. The molecule has 2 atom stereocenters. The number of anilines is 2. The first-order chi connectivity index (χ1) is 19.9. The fraction of sp³-hybridized carbons (Fsp3) is 0.370. The summed E-state index contributed by atoms with van der Waals surface area (Å²) in [4.78, 5) is 21.3. The highest BCUT2D eigenvalue weighted by Gasteiger charge is 2.39. The van der Waals surface area contributed by atoms with Gasteiger partial charge in [0.1, 0.15) is 0 Å². The van der Waals surface area contributed by atoms with E-state index in [1.54, 1.807) is 6.92 Å². The number of fused-ring (bicyclic) bond motifs is 1. The van der Waals surface area contributed by atoms with Crippen molar-refractivity contribution in [2.45, 2.75) is 63.3 Å². The number of nitrogens with two attached hydrogens (primary N) is 1. The lowest BCUT2D eigenvalue weighted by molar-refractivity contribution is -0.143. The summed E-state index contributed by atoms with van der Waals surface area (Å²) in [6.45, 7) is 1.48. The van der Waals surface area contributed by atoms with Gasteiger partial charge in [0.15, 0.2) is 0 Å². The number of nitrogens with zero attached hydrogens (tertiary/aromatic N) is 3. The molecule has 0 saturated carbocycles. The molecule has 3 aromatic rings. The van der Waals surface area contributed by atoms with Crippen molar-refractivity contribution in [3.63, 3.8) is 0 Å². The van der Waals surface area contributed by atoms with Gasteiger partial charge in [-0.15, -0.1) is 0 Å². The van der Waals surface area contributed by atoms with Crippen LogP contribution in [0.2, 0.25) is 0 Å². The van der Waals surface area contributed by atoms with Gasteiger partial charge < -0.3 is 16.2 Å². The van der Waals surface area contributed by atoms with Crippen molar-refractivity contribution in [3.05, 3.63) is 81.7 Å². The van der Waals surface area contributed by atoms with Crippen LogP contribution in [-0.2, 0) is 31.5 Å². The minimum Gasteiger partial charge on any atom is -0.465 e. The lowest BCUT2D eigenvalue weighted by atomic mass is 9.89. The minimum atomic E-state index is -5.06. The molecule has 0 unspecified atom stereocenters. The fourth-order valence-electron chi connectivity index (χ4n) is 4.98. The Bertz CT molecular complexity index is 1470. The molecule has 1 aliphatic heterocycles. The first-order valence-electron chi connectivity index (χ1n) is 12.7. The van der Waals surface area contributed by atoms with Gasteiger partial charge in [-0.2, -0.15) is 39.5 Å². The highest BCUT2D eigenvalue weighted by atomic mass is 19.4. The summed E-state index contributed by atoms with van der Waals surface area (Å²) in [5, 5.41) is 12.6. The van der Waals surface area contributed by atoms with E-state index in [1.165, 1.54) is 6.20 Å². The number of alkyl halides is 9. The van der Waals surface area contributed by atoms with Gasteiger partial charge in [0.05, 0.1) is 34.1 Å².